The zero-order chi connectivity index (χ0) is 14.3. The van der Waals surface area contributed by atoms with Gasteiger partial charge in [-0.25, -0.2) is 0 Å². The maximum atomic E-state index is 12.3. The molecule has 2 saturated carbocycles. The minimum atomic E-state index is -0.0923. The molecule has 0 radical (unpaired) electrons. The first-order valence-corrected chi connectivity index (χ1v) is 7.78. The van der Waals surface area contributed by atoms with E-state index in [2.05, 4.69) is 12.2 Å². The van der Waals surface area contributed by atoms with Crippen LogP contribution in [0.4, 0.5) is 5.69 Å². The van der Waals surface area contributed by atoms with Crippen LogP contribution in [0.5, 0.6) is 0 Å². The van der Waals surface area contributed by atoms with Crippen molar-refractivity contribution >= 4 is 23.2 Å². The van der Waals surface area contributed by atoms with E-state index in [1.807, 2.05) is 0 Å². The second-order valence-corrected chi connectivity index (χ2v) is 6.75. The van der Waals surface area contributed by atoms with Gasteiger partial charge in [-0.1, -0.05) is 18.0 Å². The lowest BCUT2D eigenvalue weighted by atomic mass is 9.84. The van der Waals surface area contributed by atoms with Gasteiger partial charge in [0.1, 0.15) is 0 Å². The Bertz CT molecular complexity index is 531. The first kappa shape index (κ1) is 13.7. The Labute approximate surface area is 124 Å². The first-order chi connectivity index (χ1) is 9.54. The van der Waals surface area contributed by atoms with Crippen LogP contribution in [-0.4, -0.2) is 11.9 Å². The summed E-state index contributed by atoms with van der Waals surface area (Å²) < 4.78 is 0. The van der Waals surface area contributed by atoms with Crippen LogP contribution >= 0.6 is 11.6 Å². The zero-order valence-electron chi connectivity index (χ0n) is 11.7. The number of hydrogen-bond donors (Lipinski definition) is 2. The topological polar surface area (TPSA) is 55.1 Å². The van der Waals surface area contributed by atoms with E-state index in [4.69, 9.17) is 17.3 Å². The molecule has 4 unspecified atom stereocenters. The van der Waals surface area contributed by atoms with E-state index in [9.17, 15) is 4.79 Å². The summed E-state index contributed by atoms with van der Waals surface area (Å²) >= 11 is 6.09. The van der Waals surface area contributed by atoms with Crippen LogP contribution in [0.2, 0.25) is 5.02 Å². The first-order valence-electron chi connectivity index (χ1n) is 7.40. The molecule has 0 spiro atoms. The molecule has 0 aromatic heterocycles. The van der Waals surface area contributed by atoms with E-state index in [0.717, 1.165) is 11.8 Å². The number of benzene rings is 1. The lowest BCUT2D eigenvalue weighted by molar-refractivity contribution is 0.0915. The van der Waals surface area contributed by atoms with Gasteiger partial charge in [0.25, 0.3) is 5.91 Å². The van der Waals surface area contributed by atoms with Crippen molar-refractivity contribution in [3.63, 3.8) is 0 Å². The molecule has 0 saturated heterocycles. The molecular weight excluding hydrogens is 272 g/mol. The number of anilines is 1. The third-order valence-corrected chi connectivity index (χ3v) is 5.34. The maximum absolute atomic E-state index is 12.3. The van der Waals surface area contributed by atoms with Gasteiger partial charge in [-0.05, 0) is 62.1 Å². The van der Waals surface area contributed by atoms with Crippen LogP contribution in [0.25, 0.3) is 0 Å². The Morgan fingerprint density at radius 3 is 2.80 bits per heavy atom. The van der Waals surface area contributed by atoms with Crippen LogP contribution < -0.4 is 11.1 Å². The Balaban J connectivity index is 1.66. The molecule has 20 heavy (non-hydrogen) atoms. The van der Waals surface area contributed by atoms with Crippen molar-refractivity contribution in [2.45, 2.75) is 38.6 Å². The summed E-state index contributed by atoms with van der Waals surface area (Å²) in [7, 11) is 0. The number of carbonyl (C=O) groups is 1. The van der Waals surface area contributed by atoms with E-state index in [0.29, 0.717) is 22.2 Å². The molecule has 1 aromatic carbocycles. The highest BCUT2D eigenvalue weighted by atomic mass is 35.5. The Morgan fingerprint density at radius 1 is 1.40 bits per heavy atom. The third kappa shape index (κ3) is 2.51. The van der Waals surface area contributed by atoms with Crippen LogP contribution in [0.15, 0.2) is 18.2 Å². The number of hydrogen-bond acceptors (Lipinski definition) is 2. The van der Waals surface area contributed by atoms with E-state index >= 15 is 0 Å². The maximum Gasteiger partial charge on any atom is 0.253 e. The van der Waals surface area contributed by atoms with Crippen molar-refractivity contribution in [3.8, 4) is 0 Å². The Morgan fingerprint density at radius 2 is 2.20 bits per heavy atom. The van der Waals surface area contributed by atoms with Gasteiger partial charge in [0.05, 0.1) is 10.6 Å². The Kier molecular flexibility index (Phi) is 3.63. The van der Waals surface area contributed by atoms with Crippen LogP contribution in [0.3, 0.4) is 0 Å². The Hall–Kier alpha value is -1.22. The van der Waals surface area contributed by atoms with Crippen molar-refractivity contribution < 1.29 is 4.79 Å². The van der Waals surface area contributed by atoms with E-state index in [1.54, 1.807) is 18.2 Å². The second-order valence-electron chi connectivity index (χ2n) is 6.34. The summed E-state index contributed by atoms with van der Waals surface area (Å²) in [4.78, 5) is 12.3. The largest absolute Gasteiger partial charge is 0.399 e. The zero-order valence-corrected chi connectivity index (χ0v) is 12.5. The smallest absolute Gasteiger partial charge is 0.253 e. The number of halogens is 1. The third-order valence-electron chi connectivity index (χ3n) is 5.03. The summed E-state index contributed by atoms with van der Waals surface area (Å²) in [5.74, 6) is 2.23. The fraction of sp³-hybridized carbons (Fsp3) is 0.562. The van der Waals surface area contributed by atoms with Crippen molar-refractivity contribution in [2.75, 3.05) is 5.73 Å². The molecule has 1 amide bonds. The average Bonchev–Trinajstić information content (AvgIpc) is 3.00. The standard InChI is InChI=1S/C16H21ClN2O/c1-9(14-7-10-2-3-11(14)6-10)19-16(20)13-5-4-12(18)8-15(13)17/h4-5,8-11,14H,2-3,6-7,18H2,1H3,(H,19,20). The highest BCUT2D eigenvalue weighted by Crippen LogP contribution is 2.49. The lowest BCUT2D eigenvalue weighted by Crippen LogP contribution is -2.40. The van der Waals surface area contributed by atoms with Gasteiger partial charge in [-0.3, -0.25) is 4.79 Å². The molecule has 2 fully saturated rings. The highest BCUT2D eigenvalue weighted by Gasteiger charge is 2.42. The van der Waals surface area contributed by atoms with Crippen LogP contribution in [-0.2, 0) is 0 Å². The van der Waals surface area contributed by atoms with Crippen molar-refractivity contribution in [1.29, 1.82) is 0 Å². The van der Waals surface area contributed by atoms with Crippen molar-refractivity contribution in [3.05, 3.63) is 28.8 Å². The fourth-order valence-corrected chi connectivity index (χ4v) is 4.29. The summed E-state index contributed by atoms with van der Waals surface area (Å²) in [5, 5.41) is 3.54. The predicted octanol–water partition coefficient (Wildman–Crippen LogP) is 3.48. The second kappa shape index (κ2) is 5.28. The molecule has 2 aliphatic rings. The lowest BCUT2D eigenvalue weighted by Gasteiger charge is -2.28. The van der Waals surface area contributed by atoms with Crippen LogP contribution in [0.1, 0.15) is 43.0 Å². The molecule has 0 aliphatic heterocycles. The number of fused-ring (bicyclic) bond motifs is 2. The normalized spacial score (nSPS) is 29.4. The summed E-state index contributed by atoms with van der Waals surface area (Å²) in [5.41, 5.74) is 6.74. The van der Waals surface area contributed by atoms with Gasteiger partial charge in [0.15, 0.2) is 0 Å². The number of nitrogen functional groups attached to an aromatic ring is 1. The molecule has 3 nitrogen and oxygen atoms in total. The van der Waals surface area contributed by atoms with Gasteiger partial charge < -0.3 is 11.1 Å². The number of carbonyl (C=O) groups excluding carboxylic acids is 1. The van der Waals surface area contributed by atoms with E-state index < -0.39 is 0 Å². The molecule has 2 bridgehead atoms. The molecule has 2 aliphatic carbocycles. The van der Waals surface area contributed by atoms with Crippen molar-refractivity contribution in [1.82, 2.24) is 5.32 Å². The van der Waals surface area contributed by atoms with Crippen molar-refractivity contribution in [2.24, 2.45) is 17.8 Å². The molecule has 1 aromatic rings. The van der Waals surface area contributed by atoms with Gasteiger partial charge >= 0.3 is 0 Å². The van der Waals surface area contributed by atoms with Gasteiger partial charge in [0, 0.05) is 11.7 Å². The summed E-state index contributed by atoms with van der Waals surface area (Å²) in [6.07, 6.45) is 5.33. The minimum Gasteiger partial charge on any atom is -0.399 e. The minimum absolute atomic E-state index is 0.0923. The number of nitrogens with two attached hydrogens (primary N) is 1. The van der Waals surface area contributed by atoms with E-state index in [1.165, 1.54) is 25.7 Å². The summed E-state index contributed by atoms with van der Waals surface area (Å²) in [6, 6.07) is 5.24. The number of amides is 1. The molecule has 4 heteroatoms. The van der Waals surface area contributed by atoms with E-state index in [-0.39, 0.29) is 11.9 Å². The summed E-state index contributed by atoms with van der Waals surface area (Å²) in [6.45, 7) is 2.12. The van der Waals surface area contributed by atoms with Gasteiger partial charge in [-0.15, -0.1) is 0 Å². The molecule has 4 atom stereocenters. The highest BCUT2D eigenvalue weighted by molar-refractivity contribution is 6.34. The number of rotatable bonds is 3. The average molecular weight is 293 g/mol. The molecule has 0 heterocycles. The molecular formula is C16H21ClN2O. The predicted molar refractivity (Wildman–Crippen MR) is 81.7 cm³/mol. The molecule has 3 N–H and O–H groups in total. The van der Waals surface area contributed by atoms with Gasteiger partial charge in [-0.2, -0.15) is 0 Å². The van der Waals surface area contributed by atoms with Crippen LogP contribution in [0, 0.1) is 17.8 Å². The molecule has 3 rings (SSSR count). The molecule has 108 valence electrons. The monoisotopic (exact) mass is 292 g/mol. The quantitative estimate of drug-likeness (QED) is 0.838. The van der Waals surface area contributed by atoms with Gasteiger partial charge in [0.2, 0.25) is 0 Å². The number of nitrogens with one attached hydrogen (secondary N) is 1. The fourth-order valence-electron chi connectivity index (χ4n) is 4.01. The SMILES string of the molecule is CC(NC(=O)c1ccc(N)cc1Cl)C1CC2CCC1C2.